The lowest BCUT2D eigenvalue weighted by atomic mass is 9.95. The fourth-order valence-corrected chi connectivity index (χ4v) is 3.67. The molecule has 2 aromatic carbocycles. The van der Waals surface area contributed by atoms with Crippen molar-refractivity contribution in [3.8, 4) is 0 Å². The Kier molecular flexibility index (Phi) is 5.63. The monoisotopic (exact) mass is 367 g/mol. The van der Waals surface area contributed by atoms with Crippen LogP contribution in [0, 0.1) is 0 Å². The van der Waals surface area contributed by atoms with E-state index in [9.17, 15) is 9.59 Å². The number of carbonyl (C=O) groups is 2. The highest BCUT2D eigenvalue weighted by Gasteiger charge is 2.18. The molecule has 1 atom stereocenters. The number of benzene rings is 2. The highest BCUT2D eigenvalue weighted by Crippen LogP contribution is 2.29. The number of amides is 2. The third-order valence-corrected chi connectivity index (χ3v) is 5.08. The molecule has 6 heteroatoms. The number of rotatable bonds is 6. The largest absolute Gasteiger partial charge is 0.326 e. The van der Waals surface area contributed by atoms with Gasteiger partial charge in [0.1, 0.15) is 0 Å². The number of hydrogen-bond donors (Lipinski definition) is 2. The van der Waals surface area contributed by atoms with Gasteiger partial charge in [0.15, 0.2) is 5.13 Å². The summed E-state index contributed by atoms with van der Waals surface area (Å²) in [5, 5.41) is 6.34. The maximum Gasteiger partial charge on any atom is 0.231 e. The van der Waals surface area contributed by atoms with Gasteiger partial charge in [-0.3, -0.25) is 9.59 Å². The Labute approximate surface area is 156 Å². The van der Waals surface area contributed by atoms with Crippen molar-refractivity contribution >= 4 is 44.2 Å². The van der Waals surface area contributed by atoms with Gasteiger partial charge in [-0.2, -0.15) is 0 Å². The molecule has 0 bridgehead atoms. The molecule has 0 aliphatic heterocycles. The second-order valence-electron chi connectivity index (χ2n) is 5.96. The molecule has 5 nitrogen and oxygen atoms in total. The quantitative estimate of drug-likeness (QED) is 0.659. The van der Waals surface area contributed by atoms with E-state index in [1.165, 1.54) is 11.3 Å². The van der Waals surface area contributed by atoms with Crippen molar-refractivity contribution < 1.29 is 9.59 Å². The highest BCUT2D eigenvalue weighted by atomic mass is 32.1. The van der Waals surface area contributed by atoms with Gasteiger partial charge in [0.2, 0.25) is 11.8 Å². The summed E-state index contributed by atoms with van der Waals surface area (Å²) in [7, 11) is 0. The summed E-state index contributed by atoms with van der Waals surface area (Å²) in [5.41, 5.74) is 2.54. The van der Waals surface area contributed by atoms with E-state index in [1.807, 2.05) is 55.5 Å². The summed E-state index contributed by atoms with van der Waals surface area (Å²) in [6, 6.07) is 15.4. The van der Waals surface area contributed by atoms with Crippen LogP contribution in [-0.2, 0) is 9.59 Å². The number of carbonyl (C=O) groups excluding carboxylic acids is 2. The van der Waals surface area contributed by atoms with Gasteiger partial charge >= 0.3 is 0 Å². The van der Waals surface area contributed by atoms with Crippen molar-refractivity contribution in [2.24, 2.45) is 0 Å². The van der Waals surface area contributed by atoms with E-state index < -0.39 is 0 Å². The van der Waals surface area contributed by atoms with E-state index in [-0.39, 0.29) is 17.7 Å². The first-order chi connectivity index (χ1) is 12.6. The highest BCUT2D eigenvalue weighted by molar-refractivity contribution is 7.22. The number of hydrogen-bond acceptors (Lipinski definition) is 4. The molecule has 0 saturated carbocycles. The Balaban J connectivity index is 1.77. The van der Waals surface area contributed by atoms with Gasteiger partial charge in [0, 0.05) is 12.1 Å². The van der Waals surface area contributed by atoms with Gasteiger partial charge in [0.05, 0.1) is 16.1 Å². The minimum Gasteiger partial charge on any atom is -0.326 e. The van der Waals surface area contributed by atoms with Crippen molar-refractivity contribution in [2.75, 3.05) is 10.6 Å². The number of fused-ring (bicyclic) bond motifs is 1. The lowest BCUT2D eigenvalue weighted by Crippen LogP contribution is -2.20. The predicted molar refractivity (Wildman–Crippen MR) is 107 cm³/mol. The molecule has 0 radical (unpaired) electrons. The molecule has 3 aromatic rings. The van der Waals surface area contributed by atoms with Gasteiger partial charge in [0.25, 0.3) is 0 Å². The fraction of sp³-hybridized carbons (Fsp3) is 0.250. The minimum atomic E-state index is -0.187. The summed E-state index contributed by atoms with van der Waals surface area (Å²) in [6.45, 7) is 3.81. The van der Waals surface area contributed by atoms with Crippen LogP contribution in [0.2, 0.25) is 0 Å². The molecule has 3 rings (SSSR count). The number of aromatic nitrogens is 1. The number of nitrogens with one attached hydrogen (secondary N) is 2. The lowest BCUT2D eigenvalue weighted by Gasteiger charge is -2.15. The minimum absolute atomic E-state index is 0.0259. The van der Waals surface area contributed by atoms with E-state index >= 15 is 0 Å². The standard InChI is InChI=1S/C20H21N3O2S/c1-3-15(13-8-6-5-7-9-13)19(25)21-14-10-11-16-17(12-14)26-20(22-16)23-18(24)4-2/h5-12,15H,3-4H2,1-2H3,(H,21,25)(H,22,23,24). The van der Waals surface area contributed by atoms with Crippen molar-refractivity contribution in [2.45, 2.75) is 32.6 Å². The molecular weight excluding hydrogens is 346 g/mol. The Hall–Kier alpha value is -2.73. The van der Waals surface area contributed by atoms with E-state index in [1.54, 1.807) is 6.92 Å². The van der Waals surface area contributed by atoms with Crippen molar-refractivity contribution in [1.29, 1.82) is 0 Å². The molecule has 0 saturated heterocycles. The van der Waals surface area contributed by atoms with Crippen LogP contribution in [0.1, 0.15) is 38.2 Å². The van der Waals surface area contributed by atoms with Crippen LogP contribution in [0.4, 0.5) is 10.8 Å². The summed E-state index contributed by atoms with van der Waals surface area (Å²) in [4.78, 5) is 28.6. The molecule has 134 valence electrons. The molecule has 0 aliphatic carbocycles. The first-order valence-corrected chi connectivity index (χ1v) is 9.48. The third-order valence-electron chi connectivity index (χ3n) is 4.15. The Morgan fingerprint density at radius 3 is 2.54 bits per heavy atom. The number of anilines is 2. The molecule has 0 fully saturated rings. The summed E-state index contributed by atoms with van der Waals surface area (Å²) >= 11 is 1.40. The Morgan fingerprint density at radius 2 is 1.85 bits per heavy atom. The zero-order chi connectivity index (χ0) is 18.5. The molecular formula is C20H21N3O2S. The summed E-state index contributed by atoms with van der Waals surface area (Å²) in [5.74, 6) is -0.277. The second kappa shape index (κ2) is 8.10. The average Bonchev–Trinajstić information content (AvgIpc) is 3.04. The second-order valence-corrected chi connectivity index (χ2v) is 6.99. The van der Waals surface area contributed by atoms with E-state index in [0.29, 0.717) is 11.6 Å². The Bertz CT molecular complexity index is 921. The molecule has 0 spiro atoms. The summed E-state index contributed by atoms with van der Waals surface area (Å²) < 4.78 is 0.918. The maximum absolute atomic E-state index is 12.7. The van der Waals surface area contributed by atoms with E-state index in [4.69, 9.17) is 0 Å². The SMILES string of the molecule is CCC(=O)Nc1nc2ccc(NC(=O)C(CC)c3ccccc3)cc2s1. The smallest absolute Gasteiger partial charge is 0.231 e. The zero-order valence-electron chi connectivity index (χ0n) is 14.8. The molecule has 1 heterocycles. The fourth-order valence-electron chi connectivity index (χ4n) is 2.75. The van der Waals surface area contributed by atoms with Crippen LogP contribution >= 0.6 is 11.3 Å². The van der Waals surface area contributed by atoms with Crippen LogP contribution in [-0.4, -0.2) is 16.8 Å². The molecule has 26 heavy (non-hydrogen) atoms. The van der Waals surface area contributed by atoms with Gasteiger partial charge in [-0.1, -0.05) is 55.5 Å². The molecule has 1 aromatic heterocycles. The van der Waals surface area contributed by atoms with E-state index in [0.717, 1.165) is 27.9 Å². The van der Waals surface area contributed by atoms with Crippen molar-refractivity contribution in [1.82, 2.24) is 4.98 Å². The van der Waals surface area contributed by atoms with Crippen LogP contribution in [0.25, 0.3) is 10.2 Å². The van der Waals surface area contributed by atoms with Crippen molar-refractivity contribution in [3.05, 3.63) is 54.1 Å². The van der Waals surface area contributed by atoms with Crippen LogP contribution in [0.15, 0.2) is 48.5 Å². The molecule has 1 unspecified atom stereocenters. The maximum atomic E-state index is 12.7. The number of nitrogens with zero attached hydrogens (tertiary/aromatic N) is 1. The van der Waals surface area contributed by atoms with Crippen molar-refractivity contribution in [3.63, 3.8) is 0 Å². The molecule has 0 aliphatic rings. The van der Waals surface area contributed by atoms with Crippen LogP contribution in [0.3, 0.4) is 0 Å². The lowest BCUT2D eigenvalue weighted by molar-refractivity contribution is -0.118. The number of thiazole rings is 1. The topological polar surface area (TPSA) is 71.1 Å². The van der Waals surface area contributed by atoms with Gasteiger partial charge in [-0.25, -0.2) is 4.98 Å². The molecule has 2 amide bonds. The normalized spacial score (nSPS) is 11.9. The summed E-state index contributed by atoms with van der Waals surface area (Å²) in [6.07, 6.45) is 1.14. The van der Waals surface area contributed by atoms with Crippen LogP contribution < -0.4 is 10.6 Å². The average molecular weight is 367 g/mol. The first kappa shape index (κ1) is 18.1. The van der Waals surface area contributed by atoms with Gasteiger partial charge in [-0.05, 0) is 30.2 Å². The zero-order valence-corrected chi connectivity index (χ0v) is 15.6. The molecule has 2 N–H and O–H groups in total. The van der Waals surface area contributed by atoms with Gasteiger partial charge in [-0.15, -0.1) is 0 Å². The first-order valence-electron chi connectivity index (χ1n) is 8.67. The Morgan fingerprint density at radius 1 is 1.08 bits per heavy atom. The third kappa shape index (κ3) is 4.08. The van der Waals surface area contributed by atoms with E-state index in [2.05, 4.69) is 15.6 Å². The predicted octanol–water partition coefficient (Wildman–Crippen LogP) is 4.78. The van der Waals surface area contributed by atoms with Crippen LogP contribution in [0.5, 0.6) is 0 Å². The van der Waals surface area contributed by atoms with Gasteiger partial charge < -0.3 is 10.6 Å².